The summed E-state index contributed by atoms with van der Waals surface area (Å²) in [5.74, 6) is 1.27. The van der Waals surface area contributed by atoms with E-state index in [1.54, 1.807) is 0 Å². The SMILES string of the molecule is CCOc1ccc([C@H](C)NC(=O)c2cc3ccccc3[nH]2)cc1OCC. The van der Waals surface area contributed by atoms with E-state index in [9.17, 15) is 4.79 Å². The molecule has 0 fully saturated rings. The molecule has 0 bridgehead atoms. The van der Waals surface area contributed by atoms with E-state index >= 15 is 0 Å². The van der Waals surface area contributed by atoms with E-state index in [-0.39, 0.29) is 11.9 Å². The van der Waals surface area contributed by atoms with Gasteiger partial charge >= 0.3 is 0 Å². The lowest BCUT2D eigenvalue weighted by atomic mass is 10.1. The molecule has 0 radical (unpaired) electrons. The lowest BCUT2D eigenvalue weighted by molar-refractivity contribution is 0.0935. The Bertz CT molecular complexity index is 868. The maximum atomic E-state index is 12.6. The number of fused-ring (bicyclic) bond motifs is 1. The van der Waals surface area contributed by atoms with Gasteiger partial charge in [-0.2, -0.15) is 0 Å². The van der Waals surface area contributed by atoms with E-state index in [2.05, 4.69) is 10.3 Å². The first-order chi connectivity index (χ1) is 12.6. The molecule has 0 unspecified atom stereocenters. The van der Waals surface area contributed by atoms with Crippen LogP contribution in [0.25, 0.3) is 10.9 Å². The molecule has 5 heteroatoms. The van der Waals surface area contributed by atoms with Crippen LogP contribution in [0.3, 0.4) is 0 Å². The molecule has 0 aliphatic rings. The molecule has 2 N–H and O–H groups in total. The fourth-order valence-corrected chi connectivity index (χ4v) is 2.89. The van der Waals surface area contributed by atoms with Gasteiger partial charge in [0.1, 0.15) is 5.69 Å². The number of rotatable bonds is 7. The molecule has 136 valence electrons. The van der Waals surface area contributed by atoms with Crippen molar-refractivity contribution in [2.45, 2.75) is 26.8 Å². The van der Waals surface area contributed by atoms with Crippen molar-refractivity contribution in [3.05, 3.63) is 59.8 Å². The van der Waals surface area contributed by atoms with Crippen LogP contribution < -0.4 is 14.8 Å². The summed E-state index contributed by atoms with van der Waals surface area (Å²) < 4.78 is 11.3. The summed E-state index contributed by atoms with van der Waals surface area (Å²) in [5, 5.41) is 4.05. The molecular weight excluding hydrogens is 328 g/mol. The van der Waals surface area contributed by atoms with Crippen molar-refractivity contribution < 1.29 is 14.3 Å². The monoisotopic (exact) mass is 352 g/mol. The van der Waals surface area contributed by atoms with Gasteiger partial charge in [-0.1, -0.05) is 24.3 Å². The largest absolute Gasteiger partial charge is 0.490 e. The number of hydrogen-bond donors (Lipinski definition) is 2. The van der Waals surface area contributed by atoms with Gasteiger partial charge in [0, 0.05) is 10.9 Å². The average Bonchev–Trinajstić information content (AvgIpc) is 3.08. The summed E-state index contributed by atoms with van der Waals surface area (Å²) in [6.07, 6.45) is 0. The first-order valence-electron chi connectivity index (χ1n) is 8.90. The number of benzene rings is 2. The van der Waals surface area contributed by atoms with Gasteiger partial charge in [-0.3, -0.25) is 4.79 Å². The molecule has 1 aromatic heterocycles. The predicted molar refractivity (Wildman–Crippen MR) is 103 cm³/mol. The second-order valence-corrected chi connectivity index (χ2v) is 6.04. The molecule has 1 heterocycles. The fraction of sp³-hybridized carbons (Fsp3) is 0.286. The Hall–Kier alpha value is -2.95. The van der Waals surface area contributed by atoms with Gasteiger partial charge in [0.05, 0.1) is 19.3 Å². The van der Waals surface area contributed by atoms with Gasteiger partial charge < -0.3 is 19.8 Å². The predicted octanol–water partition coefficient (Wildman–Crippen LogP) is 4.46. The number of hydrogen-bond acceptors (Lipinski definition) is 3. The highest BCUT2D eigenvalue weighted by Crippen LogP contribution is 2.30. The Morgan fingerprint density at radius 1 is 1.04 bits per heavy atom. The zero-order chi connectivity index (χ0) is 18.5. The summed E-state index contributed by atoms with van der Waals surface area (Å²) in [5.41, 5.74) is 2.46. The second-order valence-electron chi connectivity index (χ2n) is 6.04. The smallest absolute Gasteiger partial charge is 0.268 e. The maximum absolute atomic E-state index is 12.6. The van der Waals surface area contributed by atoms with E-state index in [4.69, 9.17) is 9.47 Å². The number of para-hydroxylation sites is 1. The van der Waals surface area contributed by atoms with Crippen LogP contribution in [0, 0.1) is 0 Å². The molecule has 5 nitrogen and oxygen atoms in total. The third-order valence-electron chi connectivity index (χ3n) is 4.19. The number of ether oxygens (including phenoxy) is 2. The Labute approximate surface area is 153 Å². The van der Waals surface area contributed by atoms with Crippen molar-refractivity contribution in [3.8, 4) is 11.5 Å². The molecule has 3 rings (SSSR count). The van der Waals surface area contributed by atoms with Crippen molar-refractivity contribution in [2.75, 3.05) is 13.2 Å². The van der Waals surface area contributed by atoms with Crippen molar-refractivity contribution in [2.24, 2.45) is 0 Å². The lowest BCUT2D eigenvalue weighted by Gasteiger charge is -2.17. The summed E-state index contributed by atoms with van der Waals surface area (Å²) >= 11 is 0. The number of aromatic nitrogens is 1. The third kappa shape index (κ3) is 3.82. The minimum atomic E-state index is -0.163. The molecule has 0 aliphatic heterocycles. The second kappa shape index (κ2) is 7.95. The quantitative estimate of drug-likeness (QED) is 0.660. The van der Waals surface area contributed by atoms with Crippen LogP contribution in [0.5, 0.6) is 11.5 Å². The number of aromatic amines is 1. The lowest BCUT2D eigenvalue weighted by Crippen LogP contribution is -2.26. The van der Waals surface area contributed by atoms with Crippen LogP contribution in [0.15, 0.2) is 48.5 Å². The van der Waals surface area contributed by atoms with Crippen LogP contribution in [0.4, 0.5) is 0 Å². The zero-order valence-electron chi connectivity index (χ0n) is 15.3. The normalized spacial score (nSPS) is 12.0. The van der Waals surface area contributed by atoms with Gasteiger partial charge in [0.15, 0.2) is 11.5 Å². The minimum Gasteiger partial charge on any atom is -0.490 e. The minimum absolute atomic E-state index is 0.138. The molecule has 2 aromatic carbocycles. The topological polar surface area (TPSA) is 63.3 Å². The molecule has 0 saturated heterocycles. The highest BCUT2D eigenvalue weighted by atomic mass is 16.5. The van der Waals surface area contributed by atoms with E-state index < -0.39 is 0 Å². The third-order valence-corrected chi connectivity index (χ3v) is 4.19. The number of carbonyl (C=O) groups excluding carboxylic acids is 1. The van der Waals surface area contributed by atoms with E-state index in [1.807, 2.05) is 69.3 Å². The molecule has 1 atom stereocenters. The molecule has 0 spiro atoms. The molecule has 0 aliphatic carbocycles. The molecular formula is C21H24N2O3. The van der Waals surface area contributed by atoms with Crippen LogP contribution in [0.2, 0.25) is 0 Å². The van der Waals surface area contributed by atoms with E-state index in [1.165, 1.54) is 0 Å². The highest BCUT2D eigenvalue weighted by Gasteiger charge is 2.15. The number of H-pyrrole nitrogens is 1. The standard InChI is InChI=1S/C21H24N2O3/c1-4-25-19-11-10-15(13-20(19)26-5-2)14(3)22-21(24)18-12-16-8-6-7-9-17(16)23-18/h6-14,23H,4-5H2,1-3H3,(H,22,24)/t14-/m0/s1. The summed E-state index contributed by atoms with van der Waals surface area (Å²) in [4.78, 5) is 15.7. The van der Waals surface area contributed by atoms with E-state index in [0.717, 1.165) is 16.5 Å². The number of amides is 1. The Morgan fingerprint density at radius 2 is 1.77 bits per heavy atom. The van der Waals surface area contributed by atoms with Crippen LogP contribution in [0.1, 0.15) is 42.9 Å². The molecule has 1 amide bonds. The molecule has 0 saturated carbocycles. The first-order valence-corrected chi connectivity index (χ1v) is 8.90. The zero-order valence-corrected chi connectivity index (χ0v) is 15.3. The maximum Gasteiger partial charge on any atom is 0.268 e. The van der Waals surface area contributed by atoms with Crippen LogP contribution in [-0.2, 0) is 0 Å². The van der Waals surface area contributed by atoms with Crippen molar-refractivity contribution in [1.29, 1.82) is 0 Å². The average molecular weight is 352 g/mol. The van der Waals surface area contributed by atoms with Gasteiger partial charge in [0.2, 0.25) is 0 Å². The highest BCUT2D eigenvalue weighted by molar-refractivity contribution is 5.98. The van der Waals surface area contributed by atoms with Crippen LogP contribution >= 0.6 is 0 Å². The summed E-state index contributed by atoms with van der Waals surface area (Å²) in [6.45, 7) is 6.95. The summed E-state index contributed by atoms with van der Waals surface area (Å²) in [6, 6.07) is 15.3. The van der Waals surface area contributed by atoms with Gasteiger partial charge in [0.25, 0.3) is 5.91 Å². The van der Waals surface area contributed by atoms with E-state index in [0.29, 0.717) is 30.4 Å². The van der Waals surface area contributed by atoms with Gasteiger partial charge in [-0.15, -0.1) is 0 Å². The van der Waals surface area contributed by atoms with Gasteiger partial charge in [-0.05, 0) is 50.6 Å². The van der Waals surface area contributed by atoms with Gasteiger partial charge in [-0.25, -0.2) is 0 Å². The van der Waals surface area contributed by atoms with Crippen molar-refractivity contribution in [1.82, 2.24) is 10.3 Å². The van der Waals surface area contributed by atoms with Crippen molar-refractivity contribution >= 4 is 16.8 Å². The fourth-order valence-electron chi connectivity index (χ4n) is 2.89. The molecule has 3 aromatic rings. The Morgan fingerprint density at radius 3 is 2.50 bits per heavy atom. The Kier molecular flexibility index (Phi) is 5.46. The first kappa shape index (κ1) is 17.9. The van der Waals surface area contributed by atoms with Crippen LogP contribution in [-0.4, -0.2) is 24.1 Å². The number of carbonyl (C=O) groups is 1. The summed E-state index contributed by atoms with van der Waals surface area (Å²) in [7, 11) is 0. The van der Waals surface area contributed by atoms with Crippen molar-refractivity contribution in [3.63, 3.8) is 0 Å². The Balaban J connectivity index is 1.77. The molecule has 26 heavy (non-hydrogen) atoms. The number of nitrogens with one attached hydrogen (secondary N) is 2.